The molecule has 0 aliphatic heterocycles. The highest BCUT2D eigenvalue weighted by molar-refractivity contribution is 7.96. The Labute approximate surface area is 105 Å². The summed E-state index contributed by atoms with van der Waals surface area (Å²) in [5.74, 6) is 1.21. The van der Waals surface area contributed by atoms with E-state index >= 15 is 0 Å². The van der Waals surface area contributed by atoms with Crippen LogP contribution in [0.5, 0.6) is 0 Å². The molecule has 0 aromatic rings. The van der Waals surface area contributed by atoms with Crippen molar-refractivity contribution in [2.24, 2.45) is 0 Å². The van der Waals surface area contributed by atoms with Crippen LogP contribution in [0, 0.1) is 0 Å². The third kappa shape index (κ3) is 12.0. The van der Waals surface area contributed by atoms with Gasteiger partial charge in [0.2, 0.25) is 0 Å². The van der Waals surface area contributed by atoms with Crippen molar-refractivity contribution in [3.63, 3.8) is 0 Å². The van der Waals surface area contributed by atoms with E-state index in [1.807, 2.05) is 13.8 Å². The number of ether oxygens (including phenoxy) is 2. The lowest BCUT2D eigenvalue weighted by molar-refractivity contribution is 0.157. The maximum absolute atomic E-state index is 10.9. The Bertz CT molecular complexity index is 152. The summed E-state index contributed by atoms with van der Waals surface area (Å²) in [5.41, 5.74) is 0. The van der Waals surface area contributed by atoms with E-state index in [2.05, 4.69) is 0 Å². The van der Waals surface area contributed by atoms with Crippen LogP contribution in [0.3, 0.4) is 0 Å². The monoisotopic (exact) mass is 270 g/mol. The Hall–Kier alpha value is -0.110. The van der Waals surface area contributed by atoms with Crippen LogP contribution in [0.25, 0.3) is 0 Å². The lowest BCUT2D eigenvalue weighted by Crippen LogP contribution is -2.03. The van der Waals surface area contributed by atoms with Gasteiger partial charge >= 0.3 is 6.16 Å². The van der Waals surface area contributed by atoms with Crippen LogP contribution in [-0.2, 0) is 17.8 Å². The molecular weight excluding hydrogens is 252 g/mol. The van der Waals surface area contributed by atoms with Gasteiger partial charge in [0.15, 0.2) is 0 Å². The first-order valence-electron chi connectivity index (χ1n) is 5.09. The third-order valence-corrected chi connectivity index (χ3v) is 2.46. The maximum atomic E-state index is 10.9. The molecule has 0 atom stereocenters. The van der Waals surface area contributed by atoms with Crippen LogP contribution in [0.4, 0.5) is 4.79 Å². The average molecular weight is 270 g/mol. The normalized spacial score (nSPS) is 10.1. The standard InChI is InChI=1S/C9H18O5S2/c1-3-11-5-7-15-13-9(10)14-16-8-6-12-4-2/h3-8H2,1-2H3. The fourth-order valence-corrected chi connectivity index (χ4v) is 1.51. The number of hydrogen-bond donors (Lipinski definition) is 0. The summed E-state index contributed by atoms with van der Waals surface area (Å²) in [4.78, 5) is 10.9. The zero-order valence-corrected chi connectivity index (χ0v) is 11.2. The van der Waals surface area contributed by atoms with Crippen molar-refractivity contribution in [3.05, 3.63) is 0 Å². The average Bonchev–Trinajstić information content (AvgIpc) is 2.28. The summed E-state index contributed by atoms with van der Waals surface area (Å²) in [5, 5.41) is 0. The van der Waals surface area contributed by atoms with Gasteiger partial charge in [-0.1, -0.05) is 0 Å². The molecule has 5 nitrogen and oxygen atoms in total. The fraction of sp³-hybridized carbons (Fsp3) is 0.889. The van der Waals surface area contributed by atoms with Crippen molar-refractivity contribution in [2.75, 3.05) is 37.9 Å². The van der Waals surface area contributed by atoms with Gasteiger partial charge in [-0.25, -0.2) is 4.79 Å². The summed E-state index contributed by atoms with van der Waals surface area (Å²) >= 11 is 2.05. The van der Waals surface area contributed by atoms with Gasteiger partial charge in [-0.05, 0) is 13.8 Å². The van der Waals surface area contributed by atoms with Gasteiger partial charge in [0.1, 0.15) is 0 Å². The van der Waals surface area contributed by atoms with Crippen molar-refractivity contribution >= 4 is 30.2 Å². The van der Waals surface area contributed by atoms with Crippen molar-refractivity contribution in [1.82, 2.24) is 0 Å². The SMILES string of the molecule is CCOCCSOC(=O)OSCCOCC. The molecule has 0 radical (unpaired) electrons. The van der Waals surface area contributed by atoms with E-state index in [0.717, 1.165) is 24.1 Å². The highest BCUT2D eigenvalue weighted by Gasteiger charge is 2.05. The molecule has 0 rings (SSSR count). The molecule has 0 amide bonds. The highest BCUT2D eigenvalue weighted by Crippen LogP contribution is 2.09. The Morgan fingerprint density at radius 1 is 0.938 bits per heavy atom. The quantitative estimate of drug-likeness (QED) is 0.446. The molecule has 16 heavy (non-hydrogen) atoms. The van der Waals surface area contributed by atoms with E-state index in [9.17, 15) is 4.79 Å². The molecule has 96 valence electrons. The van der Waals surface area contributed by atoms with Gasteiger partial charge in [-0.2, -0.15) is 0 Å². The summed E-state index contributed by atoms with van der Waals surface area (Å²) in [6.07, 6.45) is -0.692. The number of carbonyl (C=O) groups is 1. The lowest BCUT2D eigenvalue weighted by Gasteiger charge is -2.03. The second-order valence-corrected chi connectivity index (χ2v) is 4.08. The Morgan fingerprint density at radius 3 is 1.75 bits per heavy atom. The first-order valence-corrected chi connectivity index (χ1v) is 6.91. The topological polar surface area (TPSA) is 54.0 Å². The van der Waals surface area contributed by atoms with Crippen molar-refractivity contribution < 1.29 is 22.6 Å². The molecular formula is C9H18O5S2. The van der Waals surface area contributed by atoms with E-state index in [-0.39, 0.29) is 0 Å². The molecule has 0 bridgehead atoms. The van der Waals surface area contributed by atoms with E-state index in [1.54, 1.807) is 0 Å². The van der Waals surface area contributed by atoms with Crippen LogP contribution < -0.4 is 0 Å². The smallest absolute Gasteiger partial charge is 0.381 e. The molecule has 0 heterocycles. The van der Waals surface area contributed by atoms with Crippen molar-refractivity contribution in [3.8, 4) is 0 Å². The molecule has 0 saturated heterocycles. The molecule has 0 saturated carbocycles. The van der Waals surface area contributed by atoms with Gasteiger partial charge in [-0.3, -0.25) is 0 Å². The largest absolute Gasteiger partial charge is 0.533 e. The van der Waals surface area contributed by atoms with Gasteiger partial charge in [0.05, 0.1) is 48.8 Å². The van der Waals surface area contributed by atoms with E-state index in [4.69, 9.17) is 17.8 Å². The van der Waals surface area contributed by atoms with Crippen molar-refractivity contribution in [1.29, 1.82) is 0 Å². The fourth-order valence-electron chi connectivity index (χ4n) is 0.668. The number of rotatable bonds is 10. The first kappa shape index (κ1) is 15.9. The van der Waals surface area contributed by atoms with Crippen LogP contribution in [0.15, 0.2) is 0 Å². The first-order chi connectivity index (χ1) is 7.81. The third-order valence-electron chi connectivity index (χ3n) is 1.28. The number of hydrogen-bond acceptors (Lipinski definition) is 7. The van der Waals surface area contributed by atoms with E-state index < -0.39 is 6.16 Å². The Balaban J connectivity index is 3.12. The minimum Gasteiger partial charge on any atom is -0.381 e. The maximum Gasteiger partial charge on any atom is 0.533 e. The zero-order valence-electron chi connectivity index (χ0n) is 9.60. The van der Waals surface area contributed by atoms with Gasteiger partial charge < -0.3 is 17.8 Å². The molecule has 0 aromatic carbocycles. The van der Waals surface area contributed by atoms with Crippen molar-refractivity contribution in [2.45, 2.75) is 13.8 Å². The summed E-state index contributed by atoms with van der Waals surface area (Å²) < 4.78 is 19.6. The molecule has 0 aliphatic carbocycles. The van der Waals surface area contributed by atoms with Crippen LogP contribution in [0.1, 0.15) is 13.8 Å². The molecule has 0 N–H and O–H groups in total. The van der Waals surface area contributed by atoms with Gasteiger partial charge in [-0.15, -0.1) is 0 Å². The lowest BCUT2D eigenvalue weighted by atomic mass is 10.8. The molecule has 0 aliphatic rings. The predicted octanol–water partition coefficient (Wildman–Crippen LogP) is 2.51. The van der Waals surface area contributed by atoms with Gasteiger partial charge in [0.25, 0.3) is 0 Å². The van der Waals surface area contributed by atoms with E-state index in [0.29, 0.717) is 37.9 Å². The van der Waals surface area contributed by atoms with E-state index in [1.165, 1.54) is 0 Å². The number of carbonyl (C=O) groups excluding carboxylic acids is 1. The Morgan fingerprint density at radius 2 is 1.38 bits per heavy atom. The molecule has 7 heteroatoms. The molecule has 0 aromatic heterocycles. The van der Waals surface area contributed by atoms with Crippen LogP contribution >= 0.6 is 24.1 Å². The molecule has 0 unspecified atom stereocenters. The summed E-state index contributed by atoms with van der Waals surface area (Å²) in [6.45, 7) is 6.28. The van der Waals surface area contributed by atoms with Crippen LogP contribution in [-0.4, -0.2) is 44.1 Å². The van der Waals surface area contributed by atoms with Crippen LogP contribution in [0.2, 0.25) is 0 Å². The minimum atomic E-state index is -0.692. The predicted molar refractivity (Wildman–Crippen MR) is 65.5 cm³/mol. The van der Waals surface area contributed by atoms with Gasteiger partial charge in [0, 0.05) is 13.2 Å². The molecule has 0 spiro atoms. The second-order valence-electron chi connectivity index (χ2n) is 2.45. The second kappa shape index (κ2) is 13.0. The summed E-state index contributed by atoms with van der Waals surface area (Å²) in [7, 11) is 0. The Kier molecular flexibility index (Phi) is 12.9. The molecule has 0 fully saturated rings. The highest BCUT2D eigenvalue weighted by atomic mass is 32.2. The summed E-state index contributed by atoms with van der Waals surface area (Å²) in [6, 6.07) is 0. The zero-order chi connectivity index (χ0) is 12.1. The minimum absolute atomic E-state index is 0.561.